The van der Waals surface area contributed by atoms with Gasteiger partial charge in [0.25, 0.3) is 5.96 Å². The molecular formula is C9H10F3N4+. The molecule has 1 aromatic rings. The minimum Gasteiger partial charge on any atom is -0.365 e. The van der Waals surface area contributed by atoms with E-state index in [2.05, 4.69) is 10.2 Å². The molecule has 0 spiro atoms. The number of nitrogens with one attached hydrogen (secondary N) is 1. The van der Waals surface area contributed by atoms with Crippen molar-refractivity contribution in [2.45, 2.75) is 6.18 Å². The van der Waals surface area contributed by atoms with Crippen molar-refractivity contribution in [1.82, 2.24) is 0 Å². The first-order chi connectivity index (χ1) is 7.39. The maximum absolute atomic E-state index is 12.3. The molecule has 0 aliphatic heterocycles. The molecule has 4 nitrogen and oxygen atoms in total. The van der Waals surface area contributed by atoms with Gasteiger partial charge in [-0.3, -0.25) is 0 Å². The molecule has 0 radical (unpaired) electrons. The zero-order chi connectivity index (χ0) is 12.2. The fourth-order valence-corrected chi connectivity index (χ4v) is 0.986. The molecule has 0 fully saturated rings. The van der Waals surface area contributed by atoms with Crippen LogP contribution in [0.2, 0.25) is 0 Å². The zero-order valence-corrected chi connectivity index (χ0v) is 8.12. The molecule has 0 heterocycles. The highest BCUT2D eigenvalue weighted by Crippen LogP contribution is 2.29. The molecule has 0 unspecified atom stereocenters. The molecule has 0 aromatic heterocycles. The Bertz CT molecular complexity index is 419. The number of hydrogen-bond donors (Lipinski definition) is 3. The third-order valence-corrected chi connectivity index (χ3v) is 1.64. The van der Waals surface area contributed by atoms with Gasteiger partial charge in [-0.15, -0.1) is 5.10 Å². The molecule has 0 bridgehead atoms. The molecule has 1 aromatic carbocycles. The summed E-state index contributed by atoms with van der Waals surface area (Å²) in [5, 5.41) is 5.72. The second kappa shape index (κ2) is 4.65. The topological polar surface area (TPSA) is 78.4 Å². The van der Waals surface area contributed by atoms with Crippen molar-refractivity contribution in [3.05, 3.63) is 35.4 Å². The standard InChI is InChI=1S/C9H9F3N4/c10-9(11,12)7-3-1-2-6(4-7)5-15-16-8(13)14/h1-5H,(H4,13,14,16)/p+1/b15-5-. The van der Waals surface area contributed by atoms with Crippen molar-refractivity contribution in [3.8, 4) is 0 Å². The molecular weight excluding hydrogens is 221 g/mol. The molecule has 16 heavy (non-hydrogen) atoms. The Labute approximate surface area is 89.5 Å². The third-order valence-electron chi connectivity index (χ3n) is 1.64. The largest absolute Gasteiger partial charge is 0.416 e. The molecule has 0 aliphatic carbocycles. The normalized spacial score (nSPS) is 11.7. The van der Waals surface area contributed by atoms with Crippen LogP contribution in [0.3, 0.4) is 0 Å². The smallest absolute Gasteiger partial charge is 0.365 e. The predicted octanol–water partition coefficient (Wildman–Crippen LogP) is -0.607. The maximum Gasteiger partial charge on any atom is 0.416 e. The van der Waals surface area contributed by atoms with Crippen LogP contribution in [0.5, 0.6) is 0 Å². The van der Waals surface area contributed by atoms with Crippen molar-refractivity contribution in [2.75, 3.05) is 0 Å². The van der Waals surface area contributed by atoms with E-state index < -0.39 is 11.7 Å². The Balaban J connectivity index is 2.92. The number of hydrazone groups is 1. The van der Waals surface area contributed by atoms with E-state index in [1.165, 1.54) is 18.3 Å². The Morgan fingerprint density at radius 2 is 2.00 bits per heavy atom. The molecule has 1 rings (SSSR count). The van der Waals surface area contributed by atoms with Gasteiger partial charge in [0.2, 0.25) is 6.21 Å². The van der Waals surface area contributed by atoms with E-state index in [9.17, 15) is 13.2 Å². The van der Waals surface area contributed by atoms with Gasteiger partial charge >= 0.3 is 6.18 Å². The van der Waals surface area contributed by atoms with Gasteiger partial charge in [-0.2, -0.15) is 13.2 Å². The van der Waals surface area contributed by atoms with Crippen LogP contribution in [0.4, 0.5) is 13.2 Å². The van der Waals surface area contributed by atoms with E-state index in [1.807, 2.05) is 0 Å². The van der Waals surface area contributed by atoms with Crippen molar-refractivity contribution >= 4 is 12.2 Å². The number of hydrogen-bond acceptors (Lipinski definition) is 1. The second-order valence-electron chi connectivity index (χ2n) is 2.93. The lowest BCUT2D eigenvalue weighted by molar-refractivity contribution is -0.456. The number of alkyl halides is 3. The summed E-state index contributed by atoms with van der Waals surface area (Å²) in [6.45, 7) is 0. The minimum atomic E-state index is -4.36. The fraction of sp³-hybridized carbons (Fsp3) is 0.111. The van der Waals surface area contributed by atoms with Crippen LogP contribution in [0.25, 0.3) is 0 Å². The van der Waals surface area contributed by atoms with E-state index in [1.54, 1.807) is 0 Å². The van der Waals surface area contributed by atoms with E-state index in [0.29, 0.717) is 5.56 Å². The van der Waals surface area contributed by atoms with Gasteiger partial charge in [-0.25, -0.2) is 0 Å². The van der Waals surface area contributed by atoms with Crippen molar-refractivity contribution in [1.29, 1.82) is 0 Å². The van der Waals surface area contributed by atoms with Gasteiger partial charge in [0.15, 0.2) is 0 Å². The quantitative estimate of drug-likeness (QED) is 0.361. The number of nitrogens with two attached hydrogens (primary N) is 2. The van der Waals surface area contributed by atoms with Gasteiger partial charge in [-0.05, 0) is 18.2 Å². The van der Waals surface area contributed by atoms with Crippen LogP contribution in [-0.2, 0) is 6.18 Å². The minimum absolute atomic E-state index is 0.205. The first kappa shape index (κ1) is 12.0. The van der Waals surface area contributed by atoms with E-state index in [-0.39, 0.29) is 5.96 Å². The average Bonchev–Trinajstić information content (AvgIpc) is 2.16. The Kier molecular flexibility index (Phi) is 3.49. The first-order valence-corrected chi connectivity index (χ1v) is 4.24. The van der Waals surface area contributed by atoms with Crippen LogP contribution in [0, 0.1) is 0 Å². The van der Waals surface area contributed by atoms with Gasteiger partial charge in [0.05, 0.1) is 5.56 Å². The average molecular weight is 231 g/mol. The molecule has 5 N–H and O–H groups in total. The fourth-order valence-electron chi connectivity index (χ4n) is 0.986. The highest BCUT2D eigenvalue weighted by Gasteiger charge is 2.30. The van der Waals surface area contributed by atoms with E-state index >= 15 is 0 Å². The summed E-state index contributed by atoms with van der Waals surface area (Å²) in [5.74, 6) is -0.205. The van der Waals surface area contributed by atoms with Gasteiger partial charge < -0.3 is 11.5 Å². The first-order valence-electron chi connectivity index (χ1n) is 4.24. The zero-order valence-electron chi connectivity index (χ0n) is 8.12. The summed E-state index contributed by atoms with van der Waals surface area (Å²) >= 11 is 0. The summed E-state index contributed by atoms with van der Waals surface area (Å²) < 4.78 is 36.9. The molecule has 0 aliphatic rings. The van der Waals surface area contributed by atoms with Crippen LogP contribution in [0.1, 0.15) is 11.1 Å². The highest BCUT2D eigenvalue weighted by atomic mass is 19.4. The summed E-state index contributed by atoms with van der Waals surface area (Å²) in [6.07, 6.45) is -3.10. The van der Waals surface area contributed by atoms with Gasteiger partial charge in [0, 0.05) is 10.7 Å². The summed E-state index contributed by atoms with van der Waals surface area (Å²) in [4.78, 5) is 0. The molecule has 0 amide bonds. The number of guanidine groups is 1. The number of rotatable bonds is 2. The number of nitrogens with zero attached hydrogens (tertiary/aromatic N) is 1. The van der Waals surface area contributed by atoms with Crippen LogP contribution in [0.15, 0.2) is 29.4 Å². The lowest BCUT2D eigenvalue weighted by Gasteiger charge is -2.05. The molecule has 0 atom stereocenters. The molecule has 7 heteroatoms. The maximum atomic E-state index is 12.3. The van der Waals surface area contributed by atoms with Gasteiger partial charge in [0.1, 0.15) is 0 Å². The Morgan fingerprint density at radius 1 is 1.31 bits per heavy atom. The molecule has 0 saturated heterocycles. The van der Waals surface area contributed by atoms with E-state index in [0.717, 1.165) is 12.1 Å². The van der Waals surface area contributed by atoms with Crippen molar-refractivity contribution < 1.29 is 18.3 Å². The number of halogens is 3. The molecule has 86 valence electrons. The number of benzene rings is 1. The van der Waals surface area contributed by atoms with Gasteiger partial charge in [-0.1, -0.05) is 6.07 Å². The van der Waals surface area contributed by atoms with Crippen molar-refractivity contribution in [3.63, 3.8) is 0 Å². The SMILES string of the molecule is NC(N)=N/[NH+]=C\c1cccc(C(F)(F)F)c1. The molecule has 0 saturated carbocycles. The van der Waals surface area contributed by atoms with Crippen LogP contribution < -0.4 is 16.6 Å². The lowest BCUT2D eigenvalue weighted by Crippen LogP contribution is -2.63. The summed E-state index contributed by atoms with van der Waals surface area (Å²) in [7, 11) is 0. The van der Waals surface area contributed by atoms with Crippen LogP contribution in [-0.4, -0.2) is 12.2 Å². The van der Waals surface area contributed by atoms with Crippen molar-refractivity contribution in [2.24, 2.45) is 16.6 Å². The highest BCUT2D eigenvalue weighted by molar-refractivity contribution is 5.77. The summed E-state index contributed by atoms with van der Waals surface area (Å²) in [6, 6.07) is 4.75. The monoisotopic (exact) mass is 231 g/mol. The Morgan fingerprint density at radius 3 is 2.56 bits per heavy atom. The van der Waals surface area contributed by atoms with Crippen LogP contribution >= 0.6 is 0 Å². The lowest BCUT2D eigenvalue weighted by atomic mass is 10.1. The summed E-state index contributed by atoms with van der Waals surface area (Å²) in [5.41, 5.74) is 9.63. The second-order valence-corrected chi connectivity index (χ2v) is 2.93. The third kappa shape index (κ3) is 3.60. The van der Waals surface area contributed by atoms with E-state index in [4.69, 9.17) is 11.5 Å². The predicted molar refractivity (Wildman–Crippen MR) is 53.4 cm³/mol. The Hall–Kier alpha value is -2.05.